The van der Waals surface area contributed by atoms with Gasteiger partial charge in [-0.1, -0.05) is 57.1 Å². The van der Waals surface area contributed by atoms with Crippen molar-refractivity contribution in [3.63, 3.8) is 0 Å². The molecular formula is C44H50N6O9S. The third-order valence-corrected chi connectivity index (χ3v) is 11.3. The molecule has 5 rings (SSSR count). The molecule has 0 aliphatic carbocycles. The maximum absolute atomic E-state index is 13.5. The highest BCUT2D eigenvalue weighted by Gasteiger charge is 2.45. The molecular weight excluding hydrogens is 789 g/mol. The normalized spacial score (nSPS) is 15.7. The zero-order valence-corrected chi connectivity index (χ0v) is 34.4. The number of piperidine rings is 1. The Morgan fingerprint density at radius 3 is 2.20 bits per heavy atom. The van der Waals surface area contributed by atoms with Gasteiger partial charge in [0.2, 0.25) is 11.8 Å². The number of hydrogen-bond acceptors (Lipinski definition) is 12. The zero-order chi connectivity index (χ0) is 43.2. The van der Waals surface area contributed by atoms with Crippen molar-refractivity contribution in [1.29, 1.82) is 0 Å². The van der Waals surface area contributed by atoms with Crippen LogP contribution in [0.1, 0.15) is 120 Å². The number of terminal acetylenes is 1. The molecule has 1 saturated heterocycles. The number of anilines is 2. The van der Waals surface area contributed by atoms with Crippen LogP contribution in [0.3, 0.4) is 0 Å². The summed E-state index contributed by atoms with van der Waals surface area (Å²) in [6.45, 7) is 2.74. The van der Waals surface area contributed by atoms with Crippen LogP contribution in [-0.4, -0.2) is 83.9 Å². The lowest BCUT2D eigenvalue weighted by Crippen LogP contribution is -2.54. The van der Waals surface area contributed by atoms with Crippen LogP contribution in [0, 0.1) is 12.3 Å². The number of nitrogens with one attached hydrogen (secondary N) is 3. The van der Waals surface area contributed by atoms with E-state index in [0.717, 1.165) is 67.6 Å². The number of ketones is 1. The SMILES string of the molecule is C#CC(=O)N(c1ccc(C(=O)NCCCCCCCCCCCNc2cccc3c2C(=O)N(C2CCC(=O)NC2=O)C3=O)cc1)C(C(=O)C(N)C(=O)OCC)c1cccs1. The summed E-state index contributed by atoms with van der Waals surface area (Å²) < 4.78 is 4.93. The number of benzene rings is 2. The van der Waals surface area contributed by atoms with Crippen LogP contribution >= 0.6 is 11.3 Å². The van der Waals surface area contributed by atoms with Crippen LogP contribution in [0.5, 0.6) is 0 Å². The molecule has 1 fully saturated rings. The molecule has 3 atom stereocenters. The Morgan fingerprint density at radius 1 is 0.917 bits per heavy atom. The van der Waals surface area contributed by atoms with Crippen molar-refractivity contribution in [3.05, 3.63) is 81.5 Å². The fourth-order valence-electron chi connectivity index (χ4n) is 7.26. The number of nitrogens with zero attached hydrogens (tertiary/aromatic N) is 2. The van der Waals surface area contributed by atoms with Crippen LogP contribution < -0.4 is 26.6 Å². The number of hydrogen-bond donors (Lipinski definition) is 4. The smallest absolute Gasteiger partial charge is 0.330 e. The second kappa shape index (κ2) is 21.7. The van der Waals surface area contributed by atoms with E-state index in [1.807, 2.05) is 0 Å². The second-order valence-electron chi connectivity index (χ2n) is 14.5. The van der Waals surface area contributed by atoms with Crippen molar-refractivity contribution in [2.45, 2.75) is 95.7 Å². The van der Waals surface area contributed by atoms with E-state index in [4.69, 9.17) is 16.9 Å². The molecule has 3 aromatic rings. The average molecular weight is 839 g/mol. The first kappa shape index (κ1) is 44.9. The van der Waals surface area contributed by atoms with Crippen LogP contribution in [0.2, 0.25) is 0 Å². The zero-order valence-electron chi connectivity index (χ0n) is 33.5. The number of imide groups is 2. The number of carbonyl (C=O) groups is 8. The van der Waals surface area contributed by atoms with Crippen molar-refractivity contribution in [1.82, 2.24) is 15.5 Å². The van der Waals surface area contributed by atoms with E-state index in [9.17, 15) is 38.4 Å². The summed E-state index contributed by atoms with van der Waals surface area (Å²) in [7, 11) is 0. The molecule has 3 unspecified atom stereocenters. The quantitative estimate of drug-likeness (QED) is 0.0359. The van der Waals surface area contributed by atoms with Crippen LogP contribution in [0.15, 0.2) is 60.0 Å². The van der Waals surface area contributed by atoms with E-state index in [1.165, 1.54) is 35.6 Å². The topological polar surface area (TPSA) is 214 Å². The van der Waals surface area contributed by atoms with Gasteiger partial charge in [-0.05, 0) is 80.0 Å². The first-order valence-corrected chi connectivity index (χ1v) is 21.1. The Hall–Kier alpha value is -6.18. The Labute approximate surface area is 352 Å². The highest BCUT2D eigenvalue weighted by molar-refractivity contribution is 7.10. The van der Waals surface area contributed by atoms with Crippen LogP contribution in [-0.2, 0) is 28.7 Å². The van der Waals surface area contributed by atoms with Gasteiger partial charge in [0.05, 0.1) is 17.7 Å². The Bertz CT molecular complexity index is 2110. The van der Waals surface area contributed by atoms with Crippen molar-refractivity contribution in [2.75, 3.05) is 29.9 Å². The van der Waals surface area contributed by atoms with E-state index >= 15 is 0 Å². The average Bonchev–Trinajstić information content (AvgIpc) is 3.87. The fraction of sp³-hybridized carbons (Fsp3) is 0.409. The number of rotatable bonds is 22. The molecule has 16 heteroatoms. The molecule has 0 bridgehead atoms. The summed E-state index contributed by atoms with van der Waals surface area (Å²) in [6.07, 6.45) is 14.7. The van der Waals surface area contributed by atoms with Gasteiger partial charge in [-0.2, -0.15) is 0 Å². The molecule has 0 spiro atoms. The molecule has 0 saturated carbocycles. The van der Waals surface area contributed by atoms with Crippen LogP contribution in [0.4, 0.5) is 11.4 Å². The number of amides is 6. The van der Waals surface area contributed by atoms with Crippen molar-refractivity contribution < 1.29 is 43.1 Å². The van der Waals surface area contributed by atoms with Gasteiger partial charge >= 0.3 is 11.9 Å². The first-order valence-electron chi connectivity index (χ1n) is 20.2. The largest absolute Gasteiger partial charge is 0.464 e. The minimum Gasteiger partial charge on any atom is -0.464 e. The number of nitrogens with two attached hydrogens (primary N) is 1. The molecule has 2 aliphatic rings. The molecule has 2 aliphatic heterocycles. The Balaban J connectivity index is 0.976. The number of ether oxygens (including phenoxy) is 1. The highest BCUT2D eigenvalue weighted by Crippen LogP contribution is 2.34. The lowest BCUT2D eigenvalue weighted by atomic mass is 10.0. The molecule has 3 heterocycles. The monoisotopic (exact) mass is 838 g/mol. The van der Waals surface area contributed by atoms with E-state index in [2.05, 4.69) is 21.9 Å². The van der Waals surface area contributed by atoms with Gasteiger partial charge in [-0.15, -0.1) is 17.8 Å². The maximum atomic E-state index is 13.5. The standard InChI is InChI=1S/C44H50N6O9S/c1-3-35(52)49(38(33-18-15-27-60-33)39(53)37(45)44(58)59-4-2)29-21-19-28(20-22-29)40(54)47-26-13-11-9-7-5-6-8-10-12-25-46-31-17-14-16-30-36(31)43(57)50(42(30)56)32-23-24-34(51)48-41(32)55/h1,14-22,27,32,37-38,46H,4-13,23-26,45H2,2H3,(H,47,54)(H,48,51,55). The minimum atomic E-state index is -1.64. The summed E-state index contributed by atoms with van der Waals surface area (Å²) in [5, 5.41) is 10.1. The minimum absolute atomic E-state index is 0.0265. The van der Waals surface area contributed by atoms with Gasteiger partial charge in [0.15, 0.2) is 11.8 Å². The number of Topliss-reactive ketones (excluding diaryl/α,β-unsaturated/α-hetero) is 1. The predicted octanol–water partition coefficient (Wildman–Crippen LogP) is 4.67. The Kier molecular flexibility index (Phi) is 16.3. The summed E-state index contributed by atoms with van der Waals surface area (Å²) in [6, 6.07) is 10.6. The first-order chi connectivity index (χ1) is 29.0. The number of esters is 1. The summed E-state index contributed by atoms with van der Waals surface area (Å²) in [5.41, 5.74) is 7.64. The molecule has 15 nitrogen and oxygen atoms in total. The van der Waals surface area contributed by atoms with Crippen molar-refractivity contribution in [2.24, 2.45) is 5.73 Å². The molecule has 6 amide bonds. The number of thiophene rings is 1. The van der Waals surface area contributed by atoms with Gasteiger partial charge in [-0.25, -0.2) is 4.79 Å². The highest BCUT2D eigenvalue weighted by atomic mass is 32.1. The Morgan fingerprint density at radius 2 is 1.58 bits per heavy atom. The molecule has 0 radical (unpaired) electrons. The molecule has 5 N–H and O–H groups in total. The van der Waals surface area contributed by atoms with Gasteiger partial charge in [0, 0.05) is 41.3 Å². The lowest BCUT2D eigenvalue weighted by molar-refractivity contribution is -0.148. The van der Waals surface area contributed by atoms with Crippen molar-refractivity contribution >= 4 is 69.9 Å². The van der Waals surface area contributed by atoms with Gasteiger partial charge in [0.1, 0.15) is 12.1 Å². The number of fused-ring (bicyclic) bond motifs is 1. The maximum Gasteiger partial charge on any atom is 0.330 e. The van der Waals surface area contributed by atoms with E-state index in [-0.39, 0.29) is 42.2 Å². The predicted molar refractivity (Wildman–Crippen MR) is 225 cm³/mol. The molecule has 1 aromatic heterocycles. The number of carbonyl (C=O) groups excluding carboxylic acids is 8. The van der Waals surface area contributed by atoms with Gasteiger partial charge < -0.3 is 21.1 Å². The van der Waals surface area contributed by atoms with E-state index in [0.29, 0.717) is 29.2 Å². The van der Waals surface area contributed by atoms with Crippen molar-refractivity contribution in [3.8, 4) is 12.3 Å². The van der Waals surface area contributed by atoms with E-state index < -0.39 is 59.4 Å². The molecule has 2 aromatic carbocycles. The third kappa shape index (κ3) is 10.9. The summed E-state index contributed by atoms with van der Waals surface area (Å²) in [4.78, 5) is 105. The number of unbranched alkanes of at least 4 members (excludes halogenated alkanes) is 8. The summed E-state index contributed by atoms with van der Waals surface area (Å²) >= 11 is 1.20. The molecule has 60 heavy (non-hydrogen) atoms. The fourth-order valence-corrected chi connectivity index (χ4v) is 8.08. The van der Waals surface area contributed by atoms with Gasteiger partial charge in [0.25, 0.3) is 17.7 Å². The second-order valence-corrected chi connectivity index (χ2v) is 15.4. The van der Waals surface area contributed by atoms with Crippen LogP contribution in [0.25, 0.3) is 0 Å². The lowest BCUT2D eigenvalue weighted by Gasteiger charge is -2.30. The van der Waals surface area contributed by atoms with E-state index in [1.54, 1.807) is 42.6 Å². The van der Waals surface area contributed by atoms with Gasteiger partial charge in [-0.3, -0.25) is 48.7 Å². The molecule has 316 valence electrons. The summed E-state index contributed by atoms with van der Waals surface area (Å²) in [5.74, 6) is -2.83. The third-order valence-electron chi connectivity index (χ3n) is 10.4.